The second kappa shape index (κ2) is 7.96. The molecule has 0 spiro atoms. The van der Waals surface area contributed by atoms with Crippen LogP contribution in [0.25, 0.3) is 11.3 Å². The topological polar surface area (TPSA) is 66.4 Å². The fourth-order valence-electron chi connectivity index (χ4n) is 3.69. The van der Waals surface area contributed by atoms with Crippen molar-refractivity contribution in [1.82, 2.24) is 20.1 Å². The molecule has 6 heteroatoms. The van der Waals surface area contributed by atoms with E-state index in [0.29, 0.717) is 18.7 Å². The van der Waals surface area contributed by atoms with Gasteiger partial charge in [-0.3, -0.25) is 14.5 Å². The van der Waals surface area contributed by atoms with Crippen LogP contribution in [0, 0.1) is 0 Å². The Morgan fingerprint density at radius 2 is 1.78 bits per heavy atom. The third-order valence-electron chi connectivity index (χ3n) is 5.04. The van der Waals surface area contributed by atoms with Gasteiger partial charge in [-0.15, -0.1) is 0 Å². The third-order valence-corrected chi connectivity index (χ3v) is 5.04. The van der Waals surface area contributed by atoms with Gasteiger partial charge in [-0.05, 0) is 45.0 Å². The van der Waals surface area contributed by atoms with Gasteiger partial charge >= 0.3 is 0 Å². The molecule has 144 valence electrons. The second-order valence-electron chi connectivity index (χ2n) is 7.55. The van der Waals surface area contributed by atoms with E-state index in [1.165, 1.54) is 0 Å². The number of nitrogens with one attached hydrogen (secondary N) is 2. The molecule has 27 heavy (non-hydrogen) atoms. The molecule has 2 aromatic rings. The lowest BCUT2D eigenvalue weighted by Gasteiger charge is -2.19. The number of aromatic nitrogens is 1. The summed E-state index contributed by atoms with van der Waals surface area (Å²) in [7, 11) is 3.82. The lowest BCUT2D eigenvalue weighted by molar-refractivity contribution is -0.125. The largest absolute Gasteiger partial charge is 0.353 e. The highest BCUT2D eigenvalue weighted by Crippen LogP contribution is 2.22. The predicted molar refractivity (Wildman–Crippen MR) is 106 cm³/mol. The highest BCUT2D eigenvalue weighted by atomic mass is 16.2. The van der Waals surface area contributed by atoms with E-state index < -0.39 is 0 Å². The van der Waals surface area contributed by atoms with Crippen molar-refractivity contribution in [1.29, 1.82) is 0 Å². The summed E-state index contributed by atoms with van der Waals surface area (Å²) in [6, 6.07) is 13.7. The van der Waals surface area contributed by atoms with Crippen LogP contribution in [0.1, 0.15) is 30.8 Å². The molecule has 1 aliphatic heterocycles. The summed E-state index contributed by atoms with van der Waals surface area (Å²) in [5.41, 5.74) is 2.69. The molecule has 2 N–H and O–H groups in total. The number of carbonyl (C=O) groups is 2. The molecule has 2 amide bonds. The van der Waals surface area contributed by atoms with Crippen LogP contribution < -0.4 is 10.6 Å². The quantitative estimate of drug-likeness (QED) is 0.849. The number of benzene rings is 1. The molecule has 6 nitrogen and oxygen atoms in total. The zero-order valence-corrected chi connectivity index (χ0v) is 16.4. The van der Waals surface area contributed by atoms with Crippen molar-refractivity contribution in [3.8, 4) is 11.3 Å². The molecule has 2 atom stereocenters. The first-order valence-corrected chi connectivity index (χ1v) is 9.39. The van der Waals surface area contributed by atoms with Gasteiger partial charge in [0.25, 0.3) is 5.91 Å². The molecule has 1 aliphatic rings. The van der Waals surface area contributed by atoms with Gasteiger partial charge in [0, 0.05) is 31.4 Å². The molecule has 0 bridgehead atoms. The van der Waals surface area contributed by atoms with E-state index in [1.54, 1.807) is 0 Å². The molecule has 1 aromatic heterocycles. The third kappa shape index (κ3) is 4.22. The first-order valence-electron chi connectivity index (χ1n) is 9.39. The van der Waals surface area contributed by atoms with Crippen LogP contribution >= 0.6 is 0 Å². The maximum absolute atomic E-state index is 12.8. The number of hydrogen-bond donors (Lipinski definition) is 2. The highest BCUT2D eigenvalue weighted by Gasteiger charge is 2.35. The first kappa shape index (κ1) is 19.2. The van der Waals surface area contributed by atoms with E-state index in [2.05, 4.69) is 10.6 Å². The Morgan fingerprint density at radius 3 is 2.44 bits per heavy atom. The molecule has 1 fully saturated rings. The van der Waals surface area contributed by atoms with Crippen LogP contribution in [0.2, 0.25) is 0 Å². The Kier molecular flexibility index (Phi) is 5.65. The number of rotatable bonds is 5. The number of hydrogen-bond acceptors (Lipinski definition) is 3. The van der Waals surface area contributed by atoms with E-state index in [4.69, 9.17) is 0 Å². The van der Waals surface area contributed by atoms with Crippen LogP contribution in [0.15, 0.2) is 42.5 Å². The average Bonchev–Trinajstić information content (AvgIpc) is 3.17. The Bertz CT molecular complexity index is 813. The molecule has 0 aliphatic carbocycles. The molecule has 3 rings (SSSR count). The van der Waals surface area contributed by atoms with Crippen LogP contribution in [0.3, 0.4) is 0 Å². The monoisotopic (exact) mass is 368 g/mol. The highest BCUT2D eigenvalue weighted by molar-refractivity contribution is 5.94. The van der Waals surface area contributed by atoms with Gasteiger partial charge in [-0.1, -0.05) is 30.3 Å². The molecule has 2 unspecified atom stereocenters. The molecule has 1 saturated heterocycles. The van der Waals surface area contributed by atoms with Crippen molar-refractivity contribution in [2.24, 2.45) is 7.05 Å². The van der Waals surface area contributed by atoms with Crippen LogP contribution in [0.5, 0.6) is 0 Å². The second-order valence-corrected chi connectivity index (χ2v) is 7.55. The van der Waals surface area contributed by atoms with Gasteiger partial charge in [0.05, 0.1) is 6.04 Å². The van der Waals surface area contributed by atoms with Crippen LogP contribution in [-0.4, -0.2) is 53.0 Å². The fraction of sp³-hybridized carbons (Fsp3) is 0.429. The normalized spacial score (nSPS) is 20.0. The summed E-state index contributed by atoms with van der Waals surface area (Å²) in [5, 5.41) is 6.04. The molecule has 0 radical (unpaired) electrons. The number of likely N-dealkylation sites (N-methyl/N-ethyl adjacent to an activating group) is 1. The summed E-state index contributed by atoms with van der Waals surface area (Å²) < 4.78 is 1.91. The summed E-state index contributed by atoms with van der Waals surface area (Å²) in [5.74, 6) is -0.0857. The van der Waals surface area contributed by atoms with Gasteiger partial charge in [0.2, 0.25) is 5.91 Å². The number of amides is 2. The molecular formula is C21H28N4O2. The molecule has 0 saturated carbocycles. The van der Waals surface area contributed by atoms with Crippen LogP contribution in [0.4, 0.5) is 0 Å². The van der Waals surface area contributed by atoms with E-state index in [-0.39, 0.29) is 29.9 Å². The van der Waals surface area contributed by atoms with Gasteiger partial charge < -0.3 is 15.2 Å². The Hall–Kier alpha value is -2.60. The zero-order chi connectivity index (χ0) is 19.6. The summed E-state index contributed by atoms with van der Waals surface area (Å²) in [6.45, 7) is 4.57. The van der Waals surface area contributed by atoms with E-state index in [9.17, 15) is 9.59 Å². The lowest BCUT2D eigenvalue weighted by atomic mass is 10.1. The van der Waals surface area contributed by atoms with Crippen molar-refractivity contribution in [2.45, 2.75) is 38.4 Å². The van der Waals surface area contributed by atoms with Crippen LogP contribution in [-0.2, 0) is 11.8 Å². The number of carbonyl (C=O) groups excluding carboxylic acids is 2. The maximum atomic E-state index is 12.8. The minimum atomic E-state index is -0.203. The molecule has 2 heterocycles. The van der Waals surface area contributed by atoms with Crippen molar-refractivity contribution in [3.05, 3.63) is 48.2 Å². The number of likely N-dealkylation sites (tertiary alicyclic amines) is 1. The Balaban J connectivity index is 1.66. The Labute approximate surface area is 160 Å². The average molecular weight is 368 g/mol. The van der Waals surface area contributed by atoms with Crippen molar-refractivity contribution in [2.75, 3.05) is 13.6 Å². The standard InChI is InChI=1S/C21H28N4O2/c1-14(2)22-21(27)19-12-16(13-24(19)3)23-20(26)18-11-10-17(25(18)4)15-8-6-5-7-9-15/h5-11,14,16,19H,12-13H2,1-4H3,(H,22,27)(H,23,26). The SMILES string of the molecule is CC(C)NC(=O)C1CC(NC(=O)c2ccc(-c3ccccc3)n2C)CN1C. The minimum absolute atomic E-state index is 0.0227. The van der Waals surface area contributed by atoms with Gasteiger partial charge in [0.15, 0.2) is 0 Å². The van der Waals surface area contributed by atoms with Gasteiger partial charge in [-0.25, -0.2) is 0 Å². The Morgan fingerprint density at radius 1 is 1.07 bits per heavy atom. The van der Waals surface area contributed by atoms with E-state index in [0.717, 1.165) is 11.3 Å². The van der Waals surface area contributed by atoms with Gasteiger partial charge in [0.1, 0.15) is 5.69 Å². The minimum Gasteiger partial charge on any atom is -0.353 e. The van der Waals surface area contributed by atoms with Crippen molar-refractivity contribution >= 4 is 11.8 Å². The van der Waals surface area contributed by atoms with Gasteiger partial charge in [-0.2, -0.15) is 0 Å². The molecule has 1 aromatic carbocycles. The van der Waals surface area contributed by atoms with Crippen molar-refractivity contribution in [3.63, 3.8) is 0 Å². The fourth-order valence-corrected chi connectivity index (χ4v) is 3.69. The maximum Gasteiger partial charge on any atom is 0.268 e. The zero-order valence-electron chi connectivity index (χ0n) is 16.4. The summed E-state index contributed by atoms with van der Waals surface area (Å²) in [4.78, 5) is 27.1. The number of nitrogens with zero attached hydrogens (tertiary/aromatic N) is 2. The van der Waals surface area contributed by atoms with E-state index >= 15 is 0 Å². The van der Waals surface area contributed by atoms with E-state index in [1.807, 2.05) is 79.9 Å². The molecular weight excluding hydrogens is 340 g/mol. The van der Waals surface area contributed by atoms with Crippen molar-refractivity contribution < 1.29 is 9.59 Å². The lowest BCUT2D eigenvalue weighted by Crippen LogP contribution is -2.43. The smallest absolute Gasteiger partial charge is 0.268 e. The first-order chi connectivity index (χ1) is 12.9. The summed E-state index contributed by atoms with van der Waals surface area (Å²) >= 11 is 0. The summed E-state index contributed by atoms with van der Waals surface area (Å²) in [6.07, 6.45) is 0.622. The predicted octanol–water partition coefficient (Wildman–Crippen LogP) is 2.02.